The van der Waals surface area contributed by atoms with Crippen LogP contribution in [0.15, 0.2) is 12.1 Å². The van der Waals surface area contributed by atoms with Crippen LogP contribution in [-0.4, -0.2) is 36.1 Å². The van der Waals surface area contributed by atoms with E-state index in [4.69, 9.17) is 9.97 Å². The van der Waals surface area contributed by atoms with E-state index in [0.717, 1.165) is 48.7 Å². The summed E-state index contributed by atoms with van der Waals surface area (Å²) in [5.41, 5.74) is 5.58. The number of hydrogen-bond donors (Lipinski definition) is 1. The van der Waals surface area contributed by atoms with E-state index in [1.165, 1.54) is 11.1 Å². The molecule has 2 aromatic rings. The Kier molecular flexibility index (Phi) is 3.11. The van der Waals surface area contributed by atoms with Gasteiger partial charge in [0.05, 0.1) is 16.7 Å². The molecule has 1 saturated heterocycles. The van der Waals surface area contributed by atoms with Gasteiger partial charge in [-0.25, -0.2) is 9.97 Å². The molecule has 0 unspecified atom stereocenters. The molecule has 0 spiro atoms. The molecule has 100 valence electrons. The van der Waals surface area contributed by atoms with Crippen LogP contribution in [-0.2, 0) is 0 Å². The molecule has 19 heavy (non-hydrogen) atoms. The molecule has 0 saturated carbocycles. The number of fused-ring (bicyclic) bond motifs is 1. The third-order valence-corrected chi connectivity index (χ3v) is 3.85. The van der Waals surface area contributed by atoms with E-state index >= 15 is 0 Å². The summed E-state index contributed by atoms with van der Waals surface area (Å²) in [6, 6.07) is 4.27. The summed E-state index contributed by atoms with van der Waals surface area (Å²) in [7, 11) is 0. The highest BCUT2D eigenvalue weighted by atomic mass is 15.2. The molecule has 0 amide bonds. The van der Waals surface area contributed by atoms with Gasteiger partial charge in [0.1, 0.15) is 0 Å². The van der Waals surface area contributed by atoms with Gasteiger partial charge in [-0.1, -0.05) is 0 Å². The van der Waals surface area contributed by atoms with E-state index in [9.17, 15) is 0 Å². The molecule has 0 aliphatic carbocycles. The number of benzene rings is 1. The third-order valence-electron chi connectivity index (χ3n) is 3.85. The Labute approximate surface area is 113 Å². The standard InChI is InChI=1S/C15H20N4/c1-10-8-13-14(9-11(10)2)18-15(12(3)17-13)19-6-4-16-5-7-19/h8-9,16H,4-7H2,1-3H3. The summed E-state index contributed by atoms with van der Waals surface area (Å²) in [5.74, 6) is 1.04. The van der Waals surface area contributed by atoms with E-state index in [2.05, 4.69) is 43.1 Å². The fourth-order valence-electron chi connectivity index (χ4n) is 2.57. The third kappa shape index (κ3) is 2.28. The highest BCUT2D eigenvalue weighted by Gasteiger charge is 2.15. The first kappa shape index (κ1) is 12.4. The number of anilines is 1. The predicted octanol–water partition coefficient (Wildman–Crippen LogP) is 1.96. The number of nitrogens with one attached hydrogen (secondary N) is 1. The van der Waals surface area contributed by atoms with E-state index in [1.54, 1.807) is 0 Å². The highest BCUT2D eigenvalue weighted by molar-refractivity contribution is 5.78. The average Bonchev–Trinajstić information content (AvgIpc) is 2.41. The Morgan fingerprint density at radius 3 is 2.16 bits per heavy atom. The van der Waals surface area contributed by atoms with Crippen LogP contribution >= 0.6 is 0 Å². The smallest absolute Gasteiger partial charge is 0.150 e. The topological polar surface area (TPSA) is 41.1 Å². The minimum atomic E-state index is 1.000. The first-order valence-electron chi connectivity index (χ1n) is 6.86. The lowest BCUT2D eigenvalue weighted by atomic mass is 10.1. The average molecular weight is 256 g/mol. The summed E-state index contributed by atoms with van der Waals surface area (Å²) < 4.78 is 0. The SMILES string of the molecule is Cc1cc2nc(C)c(N3CCNCC3)nc2cc1C. The monoisotopic (exact) mass is 256 g/mol. The number of rotatable bonds is 1. The molecule has 1 aliphatic rings. The van der Waals surface area contributed by atoms with Crippen molar-refractivity contribution in [2.24, 2.45) is 0 Å². The largest absolute Gasteiger partial charge is 0.353 e. The van der Waals surface area contributed by atoms with Crippen molar-refractivity contribution in [3.05, 3.63) is 29.0 Å². The van der Waals surface area contributed by atoms with Crippen molar-refractivity contribution in [3.63, 3.8) is 0 Å². The maximum Gasteiger partial charge on any atom is 0.150 e. The van der Waals surface area contributed by atoms with Crippen LogP contribution in [0.5, 0.6) is 0 Å². The van der Waals surface area contributed by atoms with Gasteiger partial charge in [0.15, 0.2) is 5.82 Å². The lowest BCUT2D eigenvalue weighted by Gasteiger charge is -2.29. The Morgan fingerprint density at radius 1 is 0.947 bits per heavy atom. The van der Waals surface area contributed by atoms with Gasteiger partial charge in [0.25, 0.3) is 0 Å². The Balaban J connectivity index is 2.10. The molecule has 0 bridgehead atoms. The quantitative estimate of drug-likeness (QED) is 0.847. The van der Waals surface area contributed by atoms with E-state index in [-0.39, 0.29) is 0 Å². The van der Waals surface area contributed by atoms with Gasteiger partial charge in [-0.2, -0.15) is 0 Å². The molecular weight excluding hydrogens is 236 g/mol. The molecule has 4 nitrogen and oxygen atoms in total. The van der Waals surface area contributed by atoms with E-state index in [0.29, 0.717) is 0 Å². The minimum absolute atomic E-state index is 1.000. The summed E-state index contributed by atoms with van der Waals surface area (Å²) in [4.78, 5) is 11.9. The number of hydrogen-bond acceptors (Lipinski definition) is 4. The molecule has 1 aromatic carbocycles. The second-order valence-electron chi connectivity index (χ2n) is 5.29. The maximum absolute atomic E-state index is 4.84. The first-order chi connectivity index (χ1) is 9.15. The van der Waals surface area contributed by atoms with Crippen molar-refractivity contribution in [2.45, 2.75) is 20.8 Å². The molecule has 1 aliphatic heterocycles. The number of piperazine rings is 1. The van der Waals surface area contributed by atoms with Crippen molar-refractivity contribution in [1.82, 2.24) is 15.3 Å². The lowest BCUT2D eigenvalue weighted by molar-refractivity contribution is 0.584. The first-order valence-corrected chi connectivity index (χ1v) is 6.86. The molecule has 1 fully saturated rings. The fraction of sp³-hybridized carbons (Fsp3) is 0.467. The number of nitrogens with zero attached hydrogens (tertiary/aromatic N) is 3. The Hall–Kier alpha value is -1.68. The van der Waals surface area contributed by atoms with E-state index < -0.39 is 0 Å². The van der Waals surface area contributed by atoms with Gasteiger partial charge < -0.3 is 10.2 Å². The van der Waals surface area contributed by atoms with Crippen LogP contribution in [0.1, 0.15) is 16.8 Å². The normalized spacial score (nSPS) is 16.1. The number of aromatic nitrogens is 2. The van der Waals surface area contributed by atoms with Gasteiger partial charge >= 0.3 is 0 Å². The van der Waals surface area contributed by atoms with Crippen LogP contribution in [0.25, 0.3) is 11.0 Å². The highest BCUT2D eigenvalue weighted by Crippen LogP contribution is 2.22. The number of aryl methyl sites for hydroxylation is 3. The zero-order chi connectivity index (χ0) is 13.4. The maximum atomic E-state index is 4.84. The molecule has 2 heterocycles. The van der Waals surface area contributed by atoms with Crippen molar-refractivity contribution in [1.29, 1.82) is 0 Å². The summed E-state index contributed by atoms with van der Waals surface area (Å²) in [5, 5.41) is 3.37. The van der Waals surface area contributed by atoms with Crippen molar-refractivity contribution in [2.75, 3.05) is 31.1 Å². The molecular formula is C15H20N4. The molecule has 3 rings (SSSR count). The fourth-order valence-corrected chi connectivity index (χ4v) is 2.57. The summed E-state index contributed by atoms with van der Waals surface area (Å²) >= 11 is 0. The van der Waals surface area contributed by atoms with Gasteiger partial charge in [-0.15, -0.1) is 0 Å². The molecule has 0 atom stereocenters. The molecule has 1 N–H and O–H groups in total. The molecule has 0 radical (unpaired) electrons. The Morgan fingerprint density at radius 2 is 1.53 bits per heavy atom. The van der Waals surface area contributed by atoms with Gasteiger partial charge in [-0.3, -0.25) is 0 Å². The Bertz CT molecular complexity index is 615. The van der Waals surface area contributed by atoms with Crippen LogP contribution in [0.4, 0.5) is 5.82 Å². The van der Waals surface area contributed by atoms with Gasteiger partial charge in [0, 0.05) is 26.2 Å². The second kappa shape index (κ2) is 4.78. The van der Waals surface area contributed by atoms with Crippen LogP contribution in [0, 0.1) is 20.8 Å². The summed E-state index contributed by atoms with van der Waals surface area (Å²) in [6.07, 6.45) is 0. The van der Waals surface area contributed by atoms with E-state index in [1.807, 2.05) is 0 Å². The second-order valence-corrected chi connectivity index (χ2v) is 5.29. The van der Waals surface area contributed by atoms with Crippen LogP contribution in [0.2, 0.25) is 0 Å². The van der Waals surface area contributed by atoms with Gasteiger partial charge in [0.2, 0.25) is 0 Å². The molecule has 1 aromatic heterocycles. The van der Waals surface area contributed by atoms with Crippen LogP contribution < -0.4 is 10.2 Å². The predicted molar refractivity (Wildman–Crippen MR) is 78.8 cm³/mol. The van der Waals surface area contributed by atoms with Crippen molar-refractivity contribution in [3.8, 4) is 0 Å². The van der Waals surface area contributed by atoms with Crippen molar-refractivity contribution >= 4 is 16.9 Å². The lowest BCUT2D eigenvalue weighted by Crippen LogP contribution is -2.44. The minimum Gasteiger partial charge on any atom is -0.353 e. The zero-order valence-electron chi connectivity index (χ0n) is 11.8. The van der Waals surface area contributed by atoms with Crippen molar-refractivity contribution < 1.29 is 0 Å². The van der Waals surface area contributed by atoms with Gasteiger partial charge in [-0.05, 0) is 44.0 Å². The molecule has 4 heteroatoms. The summed E-state index contributed by atoms with van der Waals surface area (Å²) in [6.45, 7) is 10.4. The zero-order valence-corrected chi connectivity index (χ0v) is 11.8. The van der Waals surface area contributed by atoms with Crippen LogP contribution in [0.3, 0.4) is 0 Å².